The number of carbonyl (C=O) groups is 1. The Kier molecular flexibility index (Phi) is 4.26. The van der Waals surface area contributed by atoms with Crippen molar-refractivity contribution in [2.75, 3.05) is 0 Å². The van der Waals surface area contributed by atoms with Gasteiger partial charge < -0.3 is 0 Å². The van der Waals surface area contributed by atoms with E-state index < -0.39 is 5.91 Å². The highest BCUT2D eigenvalue weighted by Gasteiger charge is 2.18. The Balaban J connectivity index is 1.67. The molecule has 1 heterocycles. The predicted octanol–water partition coefficient (Wildman–Crippen LogP) is 3.05. The molecule has 2 N–H and O–H groups in total. The molecule has 1 aliphatic carbocycles. The maximum Gasteiger partial charge on any atom is 0.292 e. The van der Waals surface area contributed by atoms with E-state index in [1.807, 2.05) is 18.2 Å². The summed E-state index contributed by atoms with van der Waals surface area (Å²) in [5.41, 5.74) is 5.28. The molecule has 0 unspecified atom stereocenters. The molecule has 0 bridgehead atoms. The number of rotatable bonds is 2. The number of hydrogen-bond donors (Lipinski definition) is 2. The number of carbonyl (C=O) groups excluding carboxylic acids is 1. The molecule has 1 aliphatic rings. The molecule has 2 aromatic carbocycles. The molecule has 0 radical (unpaired) electrons. The monoisotopic (exact) mass is 366 g/mol. The Hall–Kier alpha value is -2.99. The lowest BCUT2D eigenvalue weighted by Gasteiger charge is -2.18. The fraction of sp³-hybridized carbons (Fsp3) is 0.158. The lowest BCUT2D eigenvalue weighted by molar-refractivity contribution is 0.0950. The average Bonchev–Trinajstić information content (AvgIpc) is 2.66. The topological polar surface area (TPSA) is 87.2 Å². The number of fused-ring (bicyclic) bond motifs is 2. The summed E-state index contributed by atoms with van der Waals surface area (Å²) in [7, 11) is 0. The summed E-state index contributed by atoms with van der Waals surface area (Å²) in [6.07, 6.45) is 2.68. The van der Waals surface area contributed by atoms with Gasteiger partial charge in [0, 0.05) is 16.0 Å². The highest BCUT2D eigenvalue weighted by molar-refractivity contribution is 6.31. The molecular weight excluding hydrogens is 352 g/mol. The second kappa shape index (κ2) is 6.72. The van der Waals surface area contributed by atoms with Crippen molar-refractivity contribution in [2.45, 2.75) is 19.3 Å². The van der Waals surface area contributed by atoms with E-state index in [4.69, 9.17) is 11.6 Å². The van der Waals surface area contributed by atoms with E-state index in [2.05, 4.69) is 20.7 Å². The van der Waals surface area contributed by atoms with Crippen LogP contribution in [0.2, 0.25) is 5.02 Å². The van der Waals surface area contributed by atoms with Crippen molar-refractivity contribution in [2.24, 2.45) is 5.10 Å². The van der Waals surface area contributed by atoms with Gasteiger partial charge in [-0.3, -0.25) is 9.59 Å². The third kappa shape index (κ3) is 2.99. The van der Waals surface area contributed by atoms with Gasteiger partial charge in [0.05, 0.1) is 11.1 Å². The van der Waals surface area contributed by atoms with Crippen LogP contribution in [0.1, 0.15) is 34.5 Å². The van der Waals surface area contributed by atoms with Crippen LogP contribution < -0.4 is 11.0 Å². The van der Waals surface area contributed by atoms with Crippen molar-refractivity contribution in [3.8, 4) is 0 Å². The van der Waals surface area contributed by atoms with Crippen molar-refractivity contribution in [3.05, 3.63) is 74.7 Å². The molecule has 1 aromatic heterocycles. The molecule has 4 rings (SSSR count). The Bertz CT molecular complexity index is 1100. The number of amides is 1. The van der Waals surface area contributed by atoms with E-state index in [9.17, 15) is 9.59 Å². The number of hydrazone groups is 1. The highest BCUT2D eigenvalue weighted by Crippen LogP contribution is 2.24. The molecule has 130 valence electrons. The molecule has 0 saturated heterocycles. The number of halogens is 1. The summed E-state index contributed by atoms with van der Waals surface area (Å²) >= 11 is 6.09. The Morgan fingerprint density at radius 1 is 1.15 bits per heavy atom. The normalized spacial score (nSPS) is 15.0. The van der Waals surface area contributed by atoms with Crippen molar-refractivity contribution >= 4 is 34.0 Å². The predicted molar refractivity (Wildman–Crippen MR) is 101 cm³/mol. The molecule has 0 atom stereocenters. The summed E-state index contributed by atoms with van der Waals surface area (Å²) in [5.74, 6) is -0.473. The van der Waals surface area contributed by atoms with Gasteiger partial charge in [-0.25, -0.2) is 10.5 Å². The first kappa shape index (κ1) is 16.5. The zero-order valence-corrected chi connectivity index (χ0v) is 14.5. The van der Waals surface area contributed by atoms with Crippen LogP contribution in [0.15, 0.2) is 52.4 Å². The summed E-state index contributed by atoms with van der Waals surface area (Å²) in [6.45, 7) is 0. The minimum atomic E-state index is -0.473. The van der Waals surface area contributed by atoms with Gasteiger partial charge in [-0.05, 0) is 43.0 Å². The van der Waals surface area contributed by atoms with Crippen LogP contribution in [0.4, 0.5) is 0 Å². The van der Waals surface area contributed by atoms with E-state index in [1.54, 1.807) is 24.3 Å². The van der Waals surface area contributed by atoms with Gasteiger partial charge in [0.25, 0.3) is 11.5 Å². The molecule has 3 aromatic rings. The first-order valence-corrected chi connectivity index (χ1v) is 8.64. The van der Waals surface area contributed by atoms with Gasteiger partial charge in [-0.15, -0.1) is 0 Å². The van der Waals surface area contributed by atoms with Gasteiger partial charge in [0.1, 0.15) is 0 Å². The van der Waals surface area contributed by atoms with Crippen LogP contribution in [0, 0.1) is 0 Å². The first-order valence-electron chi connectivity index (χ1n) is 8.26. The van der Waals surface area contributed by atoms with E-state index in [0.29, 0.717) is 15.8 Å². The van der Waals surface area contributed by atoms with Crippen LogP contribution in [-0.2, 0) is 6.42 Å². The number of aromatic nitrogens is 2. The van der Waals surface area contributed by atoms with Gasteiger partial charge >= 0.3 is 0 Å². The van der Waals surface area contributed by atoms with Gasteiger partial charge in [-0.1, -0.05) is 35.9 Å². The van der Waals surface area contributed by atoms with Gasteiger partial charge in [0.2, 0.25) is 0 Å². The third-order valence-corrected chi connectivity index (χ3v) is 4.68. The summed E-state index contributed by atoms with van der Waals surface area (Å²) < 4.78 is 0. The molecule has 0 aliphatic heterocycles. The van der Waals surface area contributed by atoms with Crippen molar-refractivity contribution in [1.82, 2.24) is 15.6 Å². The molecule has 0 spiro atoms. The lowest BCUT2D eigenvalue weighted by atomic mass is 9.90. The summed E-state index contributed by atoms with van der Waals surface area (Å²) in [5, 5.41) is 12.1. The molecule has 26 heavy (non-hydrogen) atoms. The number of hydrogen-bond acceptors (Lipinski definition) is 4. The number of benzene rings is 2. The van der Waals surface area contributed by atoms with Crippen LogP contribution in [-0.4, -0.2) is 21.8 Å². The van der Waals surface area contributed by atoms with E-state index >= 15 is 0 Å². The summed E-state index contributed by atoms with van der Waals surface area (Å²) in [6, 6.07) is 12.6. The fourth-order valence-electron chi connectivity index (χ4n) is 3.19. The standard InChI is InChI=1S/C19H15ClN4O2/c20-12-9-8-11-4-3-7-16(15(11)10-12)21-24-19(26)17-13-5-1-2-6-14(13)18(25)23-22-17/h1-2,5-6,8-10H,3-4,7H2,(H,23,25)(H,24,26)/b21-16+. The van der Waals surface area contributed by atoms with Crippen LogP contribution >= 0.6 is 11.6 Å². The van der Waals surface area contributed by atoms with Crippen molar-refractivity contribution < 1.29 is 4.79 Å². The molecule has 0 fully saturated rings. The molecule has 7 heteroatoms. The van der Waals surface area contributed by atoms with Gasteiger partial charge in [-0.2, -0.15) is 10.2 Å². The quantitative estimate of drug-likeness (QED) is 0.683. The smallest absolute Gasteiger partial charge is 0.267 e. The Labute approximate surface area is 153 Å². The molecule has 6 nitrogen and oxygen atoms in total. The Morgan fingerprint density at radius 3 is 2.81 bits per heavy atom. The van der Waals surface area contributed by atoms with E-state index in [1.165, 1.54) is 5.56 Å². The number of nitrogens with one attached hydrogen (secondary N) is 2. The van der Waals surface area contributed by atoms with Crippen molar-refractivity contribution in [3.63, 3.8) is 0 Å². The second-order valence-electron chi connectivity index (χ2n) is 6.10. The van der Waals surface area contributed by atoms with Gasteiger partial charge in [0.15, 0.2) is 5.69 Å². The minimum Gasteiger partial charge on any atom is -0.267 e. The van der Waals surface area contributed by atoms with Crippen LogP contribution in [0.25, 0.3) is 10.8 Å². The zero-order valence-electron chi connectivity index (χ0n) is 13.8. The molecule has 0 saturated carbocycles. The van der Waals surface area contributed by atoms with E-state index in [0.717, 1.165) is 30.5 Å². The zero-order chi connectivity index (χ0) is 18.1. The van der Waals surface area contributed by atoms with Crippen LogP contribution in [0.5, 0.6) is 0 Å². The average molecular weight is 367 g/mol. The van der Waals surface area contributed by atoms with Crippen molar-refractivity contribution in [1.29, 1.82) is 0 Å². The number of nitrogens with zero attached hydrogens (tertiary/aromatic N) is 2. The molecule has 1 amide bonds. The number of H-pyrrole nitrogens is 1. The maximum absolute atomic E-state index is 12.6. The summed E-state index contributed by atoms with van der Waals surface area (Å²) in [4.78, 5) is 24.4. The highest BCUT2D eigenvalue weighted by atomic mass is 35.5. The fourth-order valence-corrected chi connectivity index (χ4v) is 3.36. The first-order chi connectivity index (χ1) is 12.6. The van der Waals surface area contributed by atoms with E-state index in [-0.39, 0.29) is 11.3 Å². The molecular formula is C19H15ClN4O2. The second-order valence-corrected chi connectivity index (χ2v) is 6.54. The minimum absolute atomic E-state index is 0.131. The SMILES string of the molecule is O=C(N/N=C1\CCCc2ccc(Cl)cc21)c1n[nH]c(=O)c2ccccc12. The number of aryl methyl sites for hydroxylation is 1. The lowest BCUT2D eigenvalue weighted by Crippen LogP contribution is -2.25. The largest absolute Gasteiger partial charge is 0.292 e. The van der Waals surface area contributed by atoms with Crippen LogP contribution in [0.3, 0.4) is 0 Å². The Morgan fingerprint density at radius 2 is 1.96 bits per heavy atom. The third-order valence-electron chi connectivity index (χ3n) is 4.45. The maximum atomic E-state index is 12.6. The number of aromatic amines is 1.